The zero-order valence-electron chi connectivity index (χ0n) is 13.5. The third kappa shape index (κ3) is 6.00. The Bertz CT molecular complexity index is 276. The first-order chi connectivity index (χ1) is 9.19. The van der Waals surface area contributed by atoms with Gasteiger partial charge in [0.25, 0.3) is 0 Å². The summed E-state index contributed by atoms with van der Waals surface area (Å²) in [5.41, 5.74) is 0. The molecule has 0 amide bonds. The number of nitrogens with one attached hydrogen (secondary N) is 1. The van der Waals surface area contributed by atoms with Crippen LogP contribution in [0.15, 0.2) is 0 Å². The van der Waals surface area contributed by atoms with Crippen LogP contribution in [0.4, 0.5) is 0 Å². The van der Waals surface area contributed by atoms with Gasteiger partial charge < -0.3 is 5.32 Å². The Balaban J connectivity index is 2.43. The van der Waals surface area contributed by atoms with Crippen LogP contribution < -0.4 is 5.32 Å². The monoisotopic (exact) mass is 263 g/mol. The van der Waals surface area contributed by atoms with Gasteiger partial charge in [-0.3, -0.25) is 0 Å². The molecular weight excluding hydrogens is 230 g/mol. The average Bonchev–Trinajstić information content (AvgIpc) is 2.43. The predicted octanol–water partition coefficient (Wildman–Crippen LogP) is 4.62. The highest BCUT2D eigenvalue weighted by Crippen LogP contribution is 2.35. The van der Waals surface area contributed by atoms with Crippen LogP contribution >= 0.6 is 0 Å². The van der Waals surface area contributed by atoms with E-state index in [0.717, 1.165) is 30.7 Å². The summed E-state index contributed by atoms with van der Waals surface area (Å²) in [6, 6.07) is 0.703. The van der Waals surface area contributed by atoms with Crippen LogP contribution in [-0.2, 0) is 0 Å². The lowest BCUT2D eigenvalue weighted by molar-refractivity contribution is 0.184. The lowest BCUT2D eigenvalue weighted by Gasteiger charge is -2.35. The minimum atomic E-state index is 0.703. The van der Waals surface area contributed by atoms with Gasteiger partial charge in [-0.25, -0.2) is 0 Å². The van der Waals surface area contributed by atoms with Gasteiger partial charge in [-0.15, -0.1) is 11.8 Å². The Morgan fingerprint density at radius 1 is 1.11 bits per heavy atom. The van der Waals surface area contributed by atoms with Crippen molar-refractivity contribution in [2.45, 2.75) is 78.7 Å². The van der Waals surface area contributed by atoms with E-state index in [2.05, 4.69) is 37.9 Å². The molecule has 1 atom stereocenters. The second-order valence-electron chi connectivity index (χ2n) is 6.44. The first-order valence-electron chi connectivity index (χ1n) is 8.32. The molecule has 0 saturated heterocycles. The molecule has 1 saturated carbocycles. The molecule has 1 fully saturated rings. The van der Waals surface area contributed by atoms with Crippen LogP contribution in [0.3, 0.4) is 0 Å². The summed E-state index contributed by atoms with van der Waals surface area (Å²) >= 11 is 0. The van der Waals surface area contributed by atoms with E-state index in [-0.39, 0.29) is 0 Å². The van der Waals surface area contributed by atoms with Gasteiger partial charge in [0.1, 0.15) is 0 Å². The number of hydrogen-bond donors (Lipinski definition) is 1. The smallest absolute Gasteiger partial charge is 0.0104 e. The topological polar surface area (TPSA) is 12.0 Å². The molecule has 1 N–H and O–H groups in total. The third-order valence-corrected chi connectivity index (χ3v) is 4.74. The molecule has 1 heteroatoms. The van der Waals surface area contributed by atoms with Crippen molar-refractivity contribution >= 4 is 0 Å². The first-order valence-corrected chi connectivity index (χ1v) is 8.32. The zero-order chi connectivity index (χ0) is 14.1. The molecule has 0 aromatic heterocycles. The van der Waals surface area contributed by atoms with Gasteiger partial charge in [-0.05, 0) is 69.7 Å². The third-order valence-electron chi connectivity index (χ3n) is 4.74. The first kappa shape index (κ1) is 16.6. The maximum atomic E-state index is 3.77. The summed E-state index contributed by atoms with van der Waals surface area (Å²) < 4.78 is 0. The molecule has 1 aliphatic rings. The molecule has 0 aliphatic heterocycles. The van der Waals surface area contributed by atoms with Crippen LogP contribution in [0.5, 0.6) is 0 Å². The van der Waals surface area contributed by atoms with Crippen molar-refractivity contribution in [1.29, 1.82) is 0 Å². The Hall–Kier alpha value is -0.480. The fourth-order valence-corrected chi connectivity index (χ4v) is 3.40. The van der Waals surface area contributed by atoms with Gasteiger partial charge in [0.05, 0.1) is 0 Å². The van der Waals surface area contributed by atoms with Gasteiger partial charge in [-0.2, -0.15) is 0 Å². The average molecular weight is 263 g/mol. The summed E-state index contributed by atoms with van der Waals surface area (Å²) in [5.74, 6) is 8.99. The normalized spacial score (nSPS) is 24.9. The van der Waals surface area contributed by atoms with Gasteiger partial charge in [-0.1, -0.05) is 20.8 Å². The van der Waals surface area contributed by atoms with Gasteiger partial charge in [0.15, 0.2) is 0 Å². The van der Waals surface area contributed by atoms with E-state index in [1.165, 1.54) is 38.5 Å². The van der Waals surface area contributed by atoms with Gasteiger partial charge >= 0.3 is 0 Å². The molecule has 0 aromatic carbocycles. The van der Waals surface area contributed by atoms with E-state index in [4.69, 9.17) is 0 Å². The maximum absolute atomic E-state index is 3.77. The highest BCUT2D eigenvalue weighted by molar-refractivity contribution is 4.96. The summed E-state index contributed by atoms with van der Waals surface area (Å²) in [6.07, 6.45) is 9.24. The van der Waals surface area contributed by atoms with E-state index in [0.29, 0.717) is 6.04 Å². The lowest BCUT2D eigenvalue weighted by Crippen LogP contribution is -2.39. The molecule has 0 heterocycles. The second-order valence-corrected chi connectivity index (χ2v) is 6.44. The Morgan fingerprint density at radius 3 is 2.26 bits per heavy atom. The predicted molar refractivity (Wildman–Crippen MR) is 85.1 cm³/mol. The van der Waals surface area contributed by atoms with Crippen LogP contribution in [0.1, 0.15) is 72.6 Å². The SMILES string of the molecule is CC#CCCC(NCCC)C1CCC(C(C)C)CC1. The quantitative estimate of drug-likeness (QED) is 0.661. The van der Waals surface area contributed by atoms with Crippen molar-refractivity contribution in [3.05, 3.63) is 0 Å². The molecule has 0 bridgehead atoms. The molecule has 1 nitrogen and oxygen atoms in total. The molecular formula is C18H33N. The molecule has 0 spiro atoms. The van der Waals surface area contributed by atoms with Crippen LogP contribution in [-0.4, -0.2) is 12.6 Å². The van der Waals surface area contributed by atoms with E-state index in [9.17, 15) is 0 Å². The van der Waals surface area contributed by atoms with Crippen molar-refractivity contribution in [2.75, 3.05) is 6.54 Å². The molecule has 19 heavy (non-hydrogen) atoms. The maximum Gasteiger partial charge on any atom is 0.0104 e. The molecule has 110 valence electrons. The number of hydrogen-bond acceptors (Lipinski definition) is 1. The van der Waals surface area contributed by atoms with Gasteiger partial charge in [0.2, 0.25) is 0 Å². The van der Waals surface area contributed by atoms with Crippen molar-refractivity contribution in [2.24, 2.45) is 17.8 Å². The second kappa shape index (κ2) is 9.43. The van der Waals surface area contributed by atoms with E-state index >= 15 is 0 Å². The Morgan fingerprint density at radius 2 is 1.74 bits per heavy atom. The largest absolute Gasteiger partial charge is 0.314 e. The van der Waals surface area contributed by atoms with E-state index in [1.54, 1.807) is 0 Å². The summed E-state index contributed by atoms with van der Waals surface area (Å²) in [5, 5.41) is 3.77. The standard InChI is InChI=1S/C18H33N/c1-5-7-8-9-18(19-14-6-2)17-12-10-16(11-13-17)15(3)4/h15-19H,6,8-14H2,1-4H3. The number of rotatable bonds is 7. The van der Waals surface area contributed by atoms with E-state index in [1.807, 2.05) is 6.92 Å². The minimum Gasteiger partial charge on any atom is -0.314 e. The minimum absolute atomic E-state index is 0.703. The van der Waals surface area contributed by atoms with Crippen molar-refractivity contribution < 1.29 is 0 Å². The Kier molecular flexibility index (Phi) is 8.22. The zero-order valence-corrected chi connectivity index (χ0v) is 13.5. The molecule has 0 radical (unpaired) electrons. The summed E-state index contributed by atoms with van der Waals surface area (Å²) in [4.78, 5) is 0. The van der Waals surface area contributed by atoms with Crippen LogP contribution in [0, 0.1) is 29.6 Å². The highest BCUT2D eigenvalue weighted by atomic mass is 14.9. The summed E-state index contributed by atoms with van der Waals surface area (Å²) in [7, 11) is 0. The molecule has 1 unspecified atom stereocenters. The molecule has 1 rings (SSSR count). The highest BCUT2D eigenvalue weighted by Gasteiger charge is 2.27. The lowest BCUT2D eigenvalue weighted by atomic mass is 9.74. The fourth-order valence-electron chi connectivity index (χ4n) is 3.40. The summed E-state index contributed by atoms with van der Waals surface area (Å²) in [6.45, 7) is 10.1. The van der Waals surface area contributed by atoms with Crippen LogP contribution in [0.25, 0.3) is 0 Å². The van der Waals surface area contributed by atoms with Crippen molar-refractivity contribution in [1.82, 2.24) is 5.32 Å². The van der Waals surface area contributed by atoms with Gasteiger partial charge in [0, 0.05) is 12.5 Å². The fraction of sp³-hybridized carbons (Fsp3) is 0.889. The van der Waals surface area contributed by atoms with E-state index < -0.39 is 0 Å². The molecule has 0 aromatic rings. The van der Waals surface area contributed by atoms with Crippen molar-refractivity contribution in [3.63, 3.8) is 0 Å². The molecule has 1 aliphatic carbocycles. The Labute approximate surface area is 120 Å². The van der Waals surface area contributed by atoms with Crippen LogP contribution in [0.2, 0.25) is 0 Å². The van der Waals surface area contributed by atoms with Crippen molar-refractivity contribution in [3.8, 4) is 11.8 Å².